The lowest BCUT2D eigenvalue weighted by molar-refractivity contribution is 0.341. The second-order valence-corrected chi connectivity index (χ2v) is 7.94. The third-order valence-electron chi connectivity index (χ3n) is 4.87. The van der Waals surface area contributed by atoms with Crippen LogP contribution in [0.3, 0.4) is 0 Å². The molecule has 0 bridgehead atoms. The first kappa shape index (κ1) is 20.3. The van der Waals surface area contributed by atoms with Gasteiger partial charge in [0.2, 0.25) is 0 Å². The molecule has 0 unspecified atom stereocenters. The third-order valence-corrected chi connectivity index (χ3v) is 5.40. The van der Waals surface area contributed by atoms with E-state index >= 15 is 0 Å². The molecule has 0 spiro atoms. The quantitative estimate of drug-likeness (QED) is 0.418. The van der Waals surface area contributed by atoms with Crippen LogP contribution < -0.4 is 10.3 Å². The fourth-order valence-corrected chi connectivity index (χ4v) is 3.78. The van der Waals surface area contributed by atoms with Gasteiger partial charge in [0.1, 0.15) is 17.1 Å². The molecule has 154 valence electrons. The Hall–Kier alpha value is -2.93. The van der Waals surface area contributed by atoms with Crippen molar-refractivity contribution in [3.8, 4) is 17.1 Å². The monoisotopic (exact) mass is 466 g/mol. The topological polar surface area (TPSA) is 72.8 Å². The van der Waals surface area contributed by atoms with Crippen molar-refractivity contribution in [2.75, 3.05) is 6.61 Å². The molecule has 2 aromatic carbocycles. The van der Waals surface area contributed by atoms with Gasteiger partial charge in [-0.25, -0.2) is 4.98 Å². The lowest BCUT2D eigenvalue weighted by atomic mass is 10.1. The summed E-state index contributed by atoms with van der Waals surface area (Å²) >= 11 is 3.47. The highest BCUT2D eigenvalue weighted by Gasteiger charge is 2.18. The van der Waals surface area contributed by atoms with Crippen LogP contribution in [0.1, 0.15) is 31.5 Å². The molecule has 4 aromatic rings. The summed E-state index contributed by atoms with van der Waals surface area (Å²) in [4.78, 5) is 20.6. The number of aryl methyl sites for hydroxylation is 1. The normalized spacial score (nSPS) is 11.2. The molecule has 0 aliphatic carbocycles. The van der Waals surface area contributed by atoms with Gasteiger partial charge in [-0.05, 0) is 43.2 Å². The number of hydrogen-bond donors (Lipinski definition) is 1. The minimum Gasteiger partial charge on any atom is -0.493 e. The van der Waals surface area contributed by atoms with Crippen LogP contribution >= 0.6 is 15.9 Å². The lowest BCUT2D eigenvalue weighted by Gasteiger charge is -2.09. The minimum absolute atomic E-state index is 0.242. The predicted molar refractivity (Wildman–Crippen MR) is 122 cm³/mol. The van der Waals surface area contributed by atoms with Crippen LogP contribution in [0, 0.1) is 0 Å². The number of rotatable bonds is 7. The molecule has 2 aromatic heterocycles. The van der Waals surface area contributed by atoms with Gasteiger partial charge in [-0.2, -0.15) is 5.10 Å². The van der Waals surface area contributed by atoms with Gasteiger partial charge < -0.3 is 9.72 Å². The Morgan fingerprint density at radius 1 is 1.07 bits per heavy atom. The smallest absolute Gasteiger partial charge is 0.279 e. The number of hydrogen-bond acceptors (Lipinski definition) is 4. The minimum atomic E-state index is -0.242. The lowest BCUT2D eigenvalue weighted by Crippen LogP contribution is -2.10. The maximum absolute atomic E-state index is 12.9. The molecule has 0 atom stereocenters. The van der Waals surface area contributed by atoms with Crippen molar-refractivity contribution in [3.63, 3.8) is 0 Å². The number of nitrogens with zero attached hydrogens (tertiary/aromatic N) is 3. The zero-order chi connectivity index (χ0) is 21.1. The number of aromatic nitrogens is 4. The highest BCUT2D eigenvalue weighted by atomic mass is 79.9. The van der Waals surface area contributed by atoms with E-state index in [9.17, 15) is 4.79 Å². The number of nitrogens with one attached hydrogen (secondary N) is 1. The van der Waals surface area contributed by atoms with E-state index in [1.54, 1.807) is 0 Å². The molecule has 0 saturated carbocycles. The van der Waals surface area contributed by atoms with Gasteiger partial charge in [0.15, 0.2) is 5.52 Å². The first-order valence-corrected chi connectivity index (χ1v) is 10.9. The Balaban J connectivity index is 1.85. The number of aromatic amines is 1. The summed E-state index contributed by atoms with van der Waals surface area (Å²) in [7, 11) is 0. The number of H-pyrrole nitrogens is 1. The van der Waals surface area contributed by atoms with Crippen LogP contribution in [0.2, 0.25) is 0 Å². The molecule has 7 heteroatoms. The van der Waals surface area contributed by atoms with Crippen molar-refractivity contribution >= 4 is 27.0 Å². The number of fused-ring (bicyclic) bond motifs is 1. The molecule has 0 aliphatic heterocycles. The van der Waals surface area contributed by atoms with Gasteiger partial charge >= 0.3 is 0 Å². The second-order valence-electron chi connectivity index (χ2n) is 7.02. The van der Waals surface area contributed by atoms with E-state index in [1.807, 2.05) is 60.1 Å². The molecule has 1 N–H and O–H groups in total. The average molecular weight is 467 g/mol. The average Bonchev–Trinajstić information content (AvgIpc) is 3.08. The molecular formula is C23H23BrN4O2. The number of para-hydroxylation sites is 1. The SMILES string of the molecule is CCCc1c2nc(-c3ccccc3OCC)[nH]c(=O)c2nn1Cc1ccc(Br)cc1. The summed E-state index contributed by atoms with van der Waals surface area (Å²) in [6.45, 7) is 5.17. The molecule has 6 nitrogen and oxygen atoms in total. The summed E-state index contributed by atoms with van der Waals surface area (Å²) < 4.78 is 8.66. The van der Waals surface area contributed by atoms with E-state index in [0.717, 1.165) is 34.1 Å². The van der Waals surface area contributed by atoms with Crippen LogP contribution in [0.4, 0.5) is 0 Å². The fourth-order valence-electron chi connectivity index (χ4n) is 3.51. The Morgan fingerprint density at radius 2 is 1.83 bits per heavy atom. The number of halogens is 1. The van der Waals surface area contributed by atoms with Crippen molar-refractivity contribution < 1.29 is 4.74 Å². The molecule has 0 aliphatic rings. The Kier molecular flexibility index (Phi) is 5.99. The van der Waals surface area contributed by atoms with Crippen LogP contribution in [0.5, 0.6) is 5.75 Å². The summed E-state index contributed by atoms with van der Waals surface area (Å²) in [5, 5.41) is 4.61. The van der Waals surface area contributed by atoms with E-state index in [4.69, 9.17) is 9.72 Å². The van der Waals surface area contributed by atoms with Crippen molar-refractivity contribution in [1.82, 2.24) is 19.7 Å². The maximum Gasteiger partial charge on any atom is 0.279 e. The standard InChI is InChI=1S/C23H23BrN4O2/c1-3-7-18-20-21(27-28(18)14-15-10-12-16(24)13-11-15)23(29)26-22(25-20)17-8-5-6-9-19(17)30-4-2/h5-6,8-13H,3-4,7,14H2,1-2H3,(H,25,26,29). The molecule has 4 rings (SSSR count). The summed E-state index contributed by atoms with van der Waals surface area (Å²) in [5.41, 5.74) is 3.63. The molecule has 0 fully saturated rings. The molecule has 30 heavy (non-hydrogen) atoms. The van der Waals surface area contributed by atoms with Crippen LogP contribution in [-0.2, 0) is 13.0 Å². The van der Waals surface area contributed by atoms with Crippen LogP contribution in [-0.4, -0.2) is 26.4 Å². The van der Waals surface area contributed by atoms with Crippen molar-refractivity contribution in [2.45, 2.75) is 33.2 Å². The number of ether oxygens (including phenoxy) is 1. The highest BCUT2D eigenvalue weighted by Crippen LogP contribution is 2.28. The van der Waals surface area contributed by atoms with Gasteiger partial charge in [0, 0.05) is 4.47 Å². The van der Waals surface area contributed by atoms with E-state index in [-0.39, 0.29) is 5.56 Å². The molecule has 0 radical (unpaired) electrons. The van der Waals surface area contributed by atoms with Gasteiger partial charge in [0.25, 0.3) is 5.56 Å². The Morgan fingerprint density at radius 3 is 2.57 bits per heavy atom. The van der Waals surface area contributed by atoms with E-state index in [2.05, 4.69) is 32.9 Å². The largest absolute Gasteiger partial charge is 0.493 e. The third kappa shape index (κ3) is 4.03. The maximum atomic E-state index is 12.9. The van der Waals surface area contributed by atoms with Gasteiger partial charge in [0.05, 0.1) is 24.4 Å². The van der Waals surface area contributed by atoms with Gasteiger partial charge in [-0.15, -0.1) is 0 Å². The van der Waals surface area contributed by atoms with Crippen molar-refractivity contribution in [3.05, 3.63) is 74.6 Å². The van der Waals surface area contributed by atoms with Crippen LogP contribution in [0.15, 0.2) is 57.8 Å². The van der Waals surface area contributed by atoms with Crippen LogP contribution in [0.25, 0.3) is 22.4 Å². The molecule has 0 saturated heterocycles. The molecule has 2 heterocycles. The van der Waals surface area contributed by atoms with Crippen molar-refractivity contribution in [2.24, 2.45) is 0 Å². The Labute approximate surface area is 183 Å². The van der Waals surface area contributed by atoms with E-state index in [1.165, 1.54) is 0 Å². The zero-order valence-corrected chi connectivity index (χ0v) is 18.6. The van der Waals surface area contributed by atoms with E-state index < -0.39 is 0 Å². The first-order valence-electron chi connectivity index (χ1n) is 10.1. The second kappa shape index (κ2) is 8.83. The Bertz CT molecular complexity index is 1230. The highest BCUT2D eigenvalue weighted by molar-refractivity contribution is 9.10. The summed E-state index contributed by atoms with van der Waals surface area (Å²) in [5.74, 6) is 1.19. The van der Waals surface area contributed by atoms with Crippen molar-refractivity contribution in [1.29, 1.82) is 0 Å². The zero-order valence-electron chi connectivity index (χ0n) is 17.0. The fraction of sp³-hybridized carbons (Fsp3) is 0.261. The molecular weight excluding hydrogens is 444 g/mol. The summed E-state index contributed by atoms with van der Waals surface area (Å²) in [6, 6.07) is 15.7. The van der Waals surface area contributed by atoms with E-state index in [0.29, 0.717) is 35.8 Å². The number of benzene rings is 2. The summed E-state index contributed by atoms with van der Waals surface area (Å²) in [6.07, 6.45) is 1.72. The van der Waals surface area contributed by atoms with Gasteiger partial charge in [-0.1, -0.05) is 53.5 Å². The van der Waals surface area contributed by atoms with Gasteiger partial charge in [-0.3, -0.25) is 9.48 Å². The molecule has 0 amide bonds. The predicted octanol–water partition coefficient (Wildman–Crippen LogP) is 4.95. The first-order chi connectivity index (χ1) is 14.6.